The Labute approximate surface area is 93.2 Å². The highest BCUT2D eigenvalue weighted by Crippen LogP contribution is 2.37. The molecule has 0 amide bonds. The molecule has 1 aliphatic rings. The van der Waals surface area contributed by atoms with Gasteiger partial charge in [-0.3, -0.25) is 0 Å². The lowest BCUT2D eigenvalue weighted by Gasteiger charge is -2.08. The zero-order valence-corrected chi connectivity index (χ0v) is 9.82. The largest absolute Gasteiger partial charge is 0.459 e. The summed E-state index contributed by atoms with van der Waals surface area (Å²) < 4.78 is 5.19. The molecule has 4 heteroatoms. The van der Waals surface area contributed by atoms with Gasteiger partial charge in [-0.25, -0.2) is 4.79 Å². The number of nitrogen functional groups attached to an aromatic ring is 1. The third kappa shape index (κ3) is 1.86. The molecule has 1 heterocycles. The van der Waals surface area contributed by atoms with Crippen molar-refractivity contribution < 1.29 is 9.53 Å². The third-order valence-corrected chi connectivity index (χ3v) is 3.62. The van der Waals surface area contributed by atoms with Crippen LogP contribution in [-0.2, 0) is 17.6 Å². The van der Waals surface area contributed by atoms with Crippen molar-refractivity contribution in [1.82, 2.24) is 0 Å². The fourth-order valence-electron chi connectivity index (χ4n) is 1.92. The van der Waals surface area contributed by atoms with Crippen LogP contribution in [0.3, 0.4) is 0 Å². The SMILES string of the molecule is CC(C)OC(=O)c1c(N)sc2c1CCC2. The smallest absolute Gasteiger partial charge is 0.341 e. The van der Waals surface area contributed by atoms with Gasteiger partial charge in [0.2, 0.25) is 0 Å². The molecule has 82 valence electrons. The minimum Gasteiger partial charge on any atom is -0.459 e. The Balaban J connectivity index is 2.31. The first kappa shape index (κ1) is 10.5. The van der Waals surface area contributed by atoms with E-state index in [4.69, 9.17) is 10.5 Å². The highest BCUT2D eigenvalue weighted by molar-refractivity contribution is 7.16. The normalized spacial score (nSPS) is 14.3. The zero-order chi connectivity index (χ0) is 11.0. The number of anilines is 1. The van der Waals surface area contributed by atoms with Gasteiger partial charge in [0.25, 0.3) is 0 Å². The van der Waals surface area contributed by atoms with E-state index < -0.39 is 0 Å². The number of aryl methyl sites for hydroxylation is 1. The Kier molecular flexibility index (Phi) is 2.69. The number of esters is 1. The predicted octanol–water partition coefficient (Wildman–Crippen LogP) is 2.38. The van der Waals surface area contributed by atoms with Crippen LogP contribution in [0.2, 0.25) is 0 Å². The van der Waals surface area contributed by atoms with Gasteiger partial charge in [-0.2, -0.15) is 0 Å². The molecular weight excluding hydrogens is 210 g/mol. The van der Waals surface area contributed by atoms with Gasteiger partial charge in [-0.05, 0) is 38.7 Å². The number of carbonyl (C=O) groups is 1. The van der Waals surface area contributed by atoms with Crippen LogP contribution in [0.1, 0.15) is 41.1 Å². The van der Waals surface area contributed by atoms with Crippen molar-refractivity contribution >= 4 is 22.3 Å². The summed E-state index contributed by atoms with van der Waals surface area (Å²) in [5.41, 5.74) is 7.60. The van der Waals surface area contributed by atoms with Crippen LogP contribution < -0.4 is 5.73 Å². The molecule has 15 heavy (non-hydrogen) atoms. The monoisotopic (exact) mass is 225 g/mol. The van der Waals surface area contributed by atoms with Crippen molar-refractivity contribution in [3.05, 3.63) is 16.0 Å². The van der Waals surface area contributed by atoms with Crippen LogP contribution in [-0.4, -0.2) is 12.1 Å². The number of carbonyl (C=O) groups excluding carboxylic acids is 1. The molecule has 0 bridgehead atoms. The minimum atomic E-state index is -0.262. The van der Waals surface area contributed by atoms with E-state index in [0.717, 1.165) is 24.8 Å². The molecule has 2 rings (SSSR count). The molecule has 0 atom stereocenters. The Bertz CT molecular complexity index is 396. The number of ether oxygens (including phenoxy) is 1. The topological polar surface area (TPSA) is 52.3 Å². The van der Waals surface area contributed by atoms with Gasteiger partial charge in [0.15, 0.2) is 0 Å². The van der Waals surface area contributed by atoms with E-state index in [0.29, 0.717) is 10.6 Å². The van der Waals surface area contributed by atoms with Crippen molar-refractivity contribution in [3.63, 3.8) is 0 Å². The maximum absolute atomic E-state index is 11.8. The standard InChI is InChI=1S/C11H15NO2S/c1-6(2)14-11(13)9-7-4-3-5-8(7)15-10(9)12/h6H,3-5,12H2,1-2H3. The fourth-order valence-corrected chi connectivity index (χ4v) is 3.07. The van der Waals surface area contributed by atoms with Crippen LogP contribution >= 0.6 is 11.3 Å². The molecule has 1 aromatic heterocycles. The molecule has 0 fully saturated rings. The van der Waals surface area contributed by atoms with E-state index in [-0.39, 0.29) is 12.1 Å². The fraction of sp³-hybridized carbons (Fsp3) is 0.545. The van der Waals surface area contributed by atoms with Crippen LogP contribution in [0.4, 0.5) is 5.00 Å². The highest BCUT2D eigenvalue weighted by atomic mass is 32.1. The van der Waals surface area contributed by atoms with Gasteiger partial charge in [0.1, 0.15) is 5.00 Å². The molecule has 3 nitrogen and oxygen atoms in total. The molecule has 0 spiro atoms. The number of thiophene rings is 1. The number of fused-ring (bicyclic) bond motifs is 1. The molecule has 1 aliphatic carbocycles. The summed E-state index contributed by atoms with van der Waals surface area (Å²) >= 11 is 1.54. The second kappa shape index (κ2) is 3.85. The summed E-state index contributed by atoms with van der Waals surface area (Å²) in [4.78, 5) is 13.1. The van der Waals surface area contributed by atoms with Gasteiger partial charge in [0.05, 0.1) is 11.7 Å². The Morgan fingerprint density at radius 3 is 2.87 bits per heavy atom. The number of nitrogens with two attached hydrogens (primary N) is 1. The van der Waals surface area contributed by atoms with E-state index in [1.54, 1.807) is 0 Å². The van der Waals surface area contributed by atoms with E-state index in [1.165, 1.54) is 16.2 Å². The lowest BCUT2D eigenvalue weighted by molar-refractivity contribution is 0.0378. The van der Waals surface area contributed by atoms with Crippen molar-refractivity contribution in [2.24, 2.45) is 0 Å². The lowest BCUT2D eigenvalue weighted by Crippen LogP contribution is -2.13. The van der Waals surface area contributed by atoms with Crippen LogP contribution in [0.5, 0.6) is 0 Å². The summed E-state index contributed by atoms with van der Waals surface area (Å²) in [7, 11) is 0. The molecule has 0 radical (unpaired) electrons. The molecule has 0 aromatic carbocycles. The van der Waals surface area contributed by atoms with Crippen molar-refractivity contribution in [1.29, 1.82) is 0 Å². The summed E-state index contributed by atoms with van der Waals surface area (Å²) in [5.74, 6) is -0.262. The average molecular weight is 225 g/mol. The van der Waals surface area contributed by atoms with Gasteiger partial charge in [0, 0.05) is 4.88 Å². The van der Waals surface area contributed by atoms with Gasteiger partial charge in [-0.1, -0.05) is 0 Å². The van der Waals surface area contributed by atoms with Crippen molar-refractivity contribution in [2.75, 3.05) is 5.73 Å². The molecule has 0 aliphatic heterocycles. The van der Waals surface area contributed by atoms with Crippen molar-refractivity contribution in [2.45, 2.75) is 39.2 Å². The second-order valence-corrected chi connectivity index (χ2v) is 5.19. The van der Waals surface area contributed by atoms with E-state index in [2.05, 4.69) is 0 Å². The number of rotatable bonds is 2. The lowest BCUT2D eigenvalue weighted by atomic mass is 10.1. The van der Waals surface area contributed by atoms with Crippen LogP contribution in [0.25, 0.3) is 0 Å². The Hall–Kier alpha value is -1.03. The molecule has 1 aromatic rings. The summed E-state index contributed by atoms with van der Waals surface area (Å²) in [6.45, 7) is 3.70. The molecule has 0 saturated carbocycles. The van der Waals surface area contributed by atoms with Gasteiger partial charge >= 0.3 is 5.97 Å². The average Bonchev–Trinajstić information content (AvgIpc) is 2.60. The van der Waals surface area contributed by atoms with E-state index in [1.807, 2.05) is 13.8 Å². The summed E-state index contributed by atoms with van der Waals surface area (Å²) in [5, 5.41) is 0.616. The predicted molar refractivity (Wildman–Crippen MR) is 61.3 cm³/mol. The number of hydrogen-bond acceptors (Lipinski definition) is 4. The molecular formula is C11H15NO2S. The van der Waals surface area contributed by atoms with Crippen LogP contribution in [0, 0.1) is 0 Å². The Morgan fingerprint density at radius 1 is 1.47 bits per heavy atom. The summed E-state index contributed by atoms with van der Waals surface area (Å²) in [6, 6.07) is 0. The van der Waals surface area contributed by atoms with E-state index in [9.17, 15) is 4.79 Å². The molecule has 0 saturated heterocycles. The van der Waals surface area contributed by atoms with Crippen molar-refractivity contribution in [3.8, 4) is 0 Å². The highest BCUT2D eigenvalue weighted by Gasteiger charge is 2.26. The maximum Gasteiger partial charge on any atom is 0.341 e. The third-order valence-electron chi connectivity index (χ3n) is 2.50. The van der Waals surface area contributed by atoms with Gasteiger partial charge in [-0.15, -0.1) is 11.3 Å². The van der Waals surface area contributed by atoms with Crippen LogP contribution in [0.15, 0.2) is 0 Å². The molecule has 0 unspecified atom stereocenters. The van der Waals surface area contributed by atoms with E-state index >= 15 is 0 Å². The second-order valence-electron chi connectivity index (χ2n) is 4.05. The minimum absolute atomic E-state index is 0.0890. The molecule has 2 N–H and O–H groups in total. The zero-order valence-electron chi connectivity index (χ0n) is 9.00. The first-order valence-corrected chi connectivity index (χ1v) is 6.02. The number of hydrogen-bond donors (Lipinski definition) is 1. The first-order chi connectivity index (χ1) is 7.09. The van der Waals surface area contributed by atoms with Gasteiger partial charge < -0.3 is 10.5 Å². The summed E-state index contributed by atoms with van der Waals surface area (Å²) in [6.07, 6.45) is 3.06. The maximum atomic E-state index is 11.8. The quantitative estimate of drug-likeness (QED) is 0.786. The first-order valence-electron chi connectivity index (χ1n) is 5.20. The Morgan fingerprint density at radius 2 is 2.20 bits per heavy atom.